The monoisotopic (exact) mass is 442 g/mol. The van der Waals surface area contributed by atoms with E-state index >= 15 is 0 Å². The summed E-state index contributed by atoms with van der Waals surface area (Å²) >= 11 is 0. The number of aliphatic imine (C=N–C) groups is 1. The quantitative estimate of drug-likeness (QED) is 0.400. The third-order valence-electron chi connectivity index (χ3n) is 6.17. The first kappa shape index (κ1) is 22.2. The zero-order valence-corrected chi connectivity index (χ0v) is 19.4. The lowest BCUT2D eigenvalue weighted by Gasteiger charge is -2.32. The fraction of sp³-hybridized carbons (Fsp3) is 0.609. The van der Waals surface area contributed by atoms with Crippen LogP contribution in [-0.4, -0.2) is 59.1 Å². The molecule has 2 aliphatic heterocycles. The molecule has 0 unspecified atom stereocenters. The van der Waals surface area contributed by atoms with Gasteiger partial charge in [-0.2, -0.15) is 5.10 Å². The summed E-state index contributed by atoms with van der Waals surface area (Å²) in [6.45, 7) is 6.59. The Labute approximate surface area is 189 Å². The van der Waals surface area contributed by atoms with E-state index in [2.05, 4.69) is 34.4 Å². The fourth-order valence-corrected chi connectivity index (χ4v) is 4.49. The largest absolute Gasteiger partial charge is 0.493 e. The summed E-state index contributed by atoms with van der Waals surface area (Å²) in [7, 11) is 3.33. The standard InChI is InChI=1S/C23H34N6O3/c1-4-24-22(25-10-7-12-29-23(30)28-11-6-5-8-21(28)26-29)27-13-9-17-14-19(31-2)20(32-3)15-18(17)16-27/h14-15H,4-13,16H2,1-3H3,(H,24,25). The molecule has 1 aromatic heterocycles. The van der Waals surface area contributed by atoms with Gasteiger partial charge < -0.3 is 19.7 Å². The van der Waals surface area contributed by atoms with Crippen LogP contribution in [0.2, 0.25) is 0 Å². The number of aromatic nitrogens is 3. The van der Waals surface area contributed by atoms with Crippen molar-refractivity contribution in [3.63, 3.8) is 0 Å². The molecular weight excluding hydrogens is 408 g/mol. The minimum atomic E-state index is 0.0209. The van der Waals surface area contributed by atoms with E-state index < -0.39 is 0 Å². The lowest BCUT2D eigenvalue weighted by molar-refractivity contribution is 0.346. The number of benzene rings is 1. The maximum atomic E-state index is 12.5. The molecule has 174 valence electrons. The second-order valence-electron chi connectivity index (χ2n) is 8.27. The molecule has 2 aromatic rings. The van der Waals surface area contributed by atoms with Crippen LogP contribution in [0.3, 0.4) is 0 Å². The van der Waals surface area contributed by atoms with Crippen molar-refractivity contribution in [1.82, 2.24) is 24.6 Å². The molecular formula is C23H34N6O3. The first-order chi connectivity index (χ1) is 15.6. The van der Waals surface area contributed by atoms with Gasteiger partial charge in [-0.15, -0.1) is 0 Å². The molecule has 4 rings (SSSR count). The zero-order valence-electron chi connectivity index (χ0n) is 19.4. The Morgan fingerprint density at radius 1 is 1.12 bits per heavy atom. The molecule has 1 N–H and O–H groups in total. The average molecular weight is 443 g/mol. The van der Waals surface area contributed by atoms with Gasteiger partial charge >= 0.3 is 5.69 Å². The molecule has 0 amide bonds. The molecule has 0 fully saturated rings. The Kier molecular flexibility index (Phi) is 7.02. The van der Waals surface area contributed by atoms with E-state index in [4.69, 9.17) is 14.5 Å². The summed E-state index contributed by atoms with van der Waals surface area (Å²) in [6, 6.07) is 4.15. The molecule has 9 nitrogen and oxygen atoms in total. The topological polar surface area (TPSA) is 85.9 Å². The molecule has 32 heavy (non-hydrogen) atoms. The van der Waals surface area contributed by atoms with Crippen molar-refractivity contribution in [3.8, 4) is 11.5 Å². The summed E-state index contributed by atoms with van der Waals surface area (Å²) in [4.78, 5) is 19.6. The molecule has 0 radical (unpaired) electrons. The van der Waals surface area contributed by atoms with E-state index in [1.807, 2.05) is 4.57 Å². The first-order valence-electron chi connectivity index (χ1n) is 11.6. The molecule has 0 aliphatic carbocycles. The van der Waals surface area contributed by atoms with Crippen LogP contribution >= 0.6 is 0 Å². The molecule has 0 spiro atoms. The van der Waals surface area contributed by atoms with E-state index in [1.165, 1.54) is 11.1 Å². The summed E-state index contributed by atoms with van der Waals surface area (Å²) < 4.78 is 14.4. The number of aryl methyl sites for hydroxylation is 2. The summed E-state index contributed by atoms with van der Waals surface area (Å²) in [5, 5.41) is 7.93. The van der Waals surface area contributed by atoms with E-state index in [1.54, 1.807) is 18.9 Å². The molecule has 0 saturated carbocycles. The number of fused-ring (bicyclic) bond motifs is 2. The number of nitrogens with zero attached hydrogens (tertiary/aromatic N) is 5. The Morgan fingerprint density at radius 2 is 1.91 bits per heavy atom. The number of nitrogens with one attached hydrogen (secondary N) is 1. The summed E-state index contributed by atoms with van der Waals surface area (Å²) in [5.41, 5.74) is 2.54. The van der Waals surface area contributed by atoms with Gasteiger partial charge in [-0.05, 0) is 55.9 Å². The van der Waals surface area contributed by atoms with Gasteiger partial charge in [0.05, 0.1) is 14.2 Å². The maximum absolute atomic E-state index is 12.5. The molecule has 2 aliphatic rings. The van der Waals surface area contributed by atoms with Gasteiger partial charge in [0.15, 0.2) is 17.5 Å². The van der Waals surface area contributed by atoms with Gasteiger partial charge in [0, 0.05) is 45.7 Å². The fourth-order valence-electron chi connectivity index (χ4n) is 4.49. The van der Waals surface area contributed by atoms with Crippen molar-refractivity contribution in [2.24, 2.45) is 4.99 Å². The lowest BCUT2D eigenvalue weighted by atomic mass is 9.99. The smallest absolute Gasteiger partial charge is 0.345 e. The molecule has 1 aromatic carbocycles. The first-order valence-corrected chi connectivity index (χ1v) is 11.6. The van der Waals surface area contributed by atoms with Crippen LogP contribution in [0, 0.1) is 0 Å². The maximum Gasteiger partial charge on any atom is 0.345 e. The number of hydrogen-bond acceptors (Lipinski definition) is 5. The second kappa shape index (κ2) is 10.1. The van der Waals surface area contributed by atoms with Crippen molar-refractivity contribution >= 4 is 5.96 Å². The lowest BCUT2D eigenvalue weighted by Crippen LogP contribution is -2.44. The Hall–Kier alpha value is -2.97. The van der Waals surface area contributed by atoms with Crippen molar-refractivity contribution < 1.29 is 9.47 Å². The highest BCUT2D eigenvalue weighted by Crippen LogP contribution is 2.33. The predicted octanol–water partition coefficient (Wildman–Crippen LogP) is 1.81. The second-order valence-corrected chi connectivity index (χ2v) is 8.27. The van der Waals surface area contributed by atoms with Crippen molar-refractivity contribution in [3.05, 3.63) is 39.6 Å². The van der Waals surface area contributed by atoms with Gasteiger partial charge in [-0.25, -0.2) is 9.48 Å². The SMILES string of the molecule is CCNC(=NCCCn1nc2n(c1=O)CCCC2)N1CCc2cc(OC)c(OC)cc2C1. The van der Waals surface area contributed by atoms with Crippen LogP contribution in [-0.2, 0) is 32.5 Å². The highest BCUT2D eigenvalue weighted by Gasteiger charge is 2.22. The molecule has 0 bridgehead atoms. The van der Waals surface area contributed by atoms with E-state index in [-0.39, 0.29) is 5.69 Å². The van der Waals surface area contributed by atoms with Gasteiger partial charge in [0.2, 0.25) is 0 Å². The number of methoxy groups -OCH3 is 2. The van der Waals surface area contributed by atoms with E-state index in [0.29, 0.717) is 13.1 Å². The Morgan fingerprint density at radius 3 is 2.62 bits per heavy atom. The third kappa shape index (κ3) is 4.61. The number of guanidine groups is 1. The molecule has 0 atom stereocenters. The van der Waals surface area contributed by atoms with Crippen LogP contribution in [0.25, 0.3) is 0 Å². The normalized spacial score (nSPS) is 15.8. The summed E-state index contributed by atoms with van der Waals surface area (Å²) in [6.07, 6.45) is 4.78. The van der Waals surface area contributed by atoms with Crippen LogP contribution < -0.4 is 20.5 Å². The van der Waals surface area contributed by atoms with Crippen molar-refractivity contribution in [2.45, 2.75) is 58.7 Å². The minimum absolute atomic E-state index is 0.0209. The van der Waals surface area contributed by atoms with Gasteiger partial charge in [0.25, 0.3) is 0 Å². The minimum Gasteiger partial charge on any atom is -0.493 e. The third-order valence-corrected chi connectivity index (χ3v) is 6.17. The number of rotatable bonds is 7. The van der Waals surface area contributed by atoms with Gasteiger partial charge in [0.1, 0.15) is 5.82 Å². The van der Waals surface area contributed by atoms with E-state index in [0.717, 1.165) is 81.6 Å². The number of ether oxygens (including phenoxy) is 2. The van der Waals surface area contributed by atoms with Crippen molar-refractivity contribution in [1.29, 1.82) is 0 Å². The zero-order chi connectivity index (χ0) is 22.5. The molecule has 0 saturated heterocycles. The Bertz CT molecular complexity index is 1030. The predicted molar refractivity (Wildman–Crippen MR) is 124 cm³/mol. The highest BCUT2D eigenvalue weighted by molar-refractivity contribution is 5.80. The summed E-state index contributed by atoms with van der Waals surface area (Å²) in [5.74, 6) is 3.36. The van der Waals surface area contributed by atoms with E-state index in [9.17, 15) is 4.79 Å². The molecule has 9 heteroatoms. The van der Waals surface area contributed by atoms with Crippen LogP contribution in [0.15, 0.2) is 21.9 Å². The van der Waals surface area contributed by atoms with Crippen LogP contribution in [0.5, 0.6) is 11.5 Å². The average Bonchev–Trinajstić information content (AvgIpc) is 3.15. The van der Waals surface area contributed by atoms with Crippen molar-refractivity contribution in [2.75, 3.05) is 33.9 Å². The van der Waals surface area contributed by atoms with Gasteiger partial charge in [-0.1, -0.05) is 0 Å². The van der Waals surface area contributed by atoms with Gasteiger partial charge in [-0.3, -0.25) is 9.56 Å². The van der Waals surface area contributed by atoms with Crippen LogP contribution in [0.1, 0.15) is 43.1 Å². The van der Waals surface area contributed by atoms with Crippen LogP contribution in [0.4, 0.5) is 0 Å². The molecule has 3 heterocycles. The Balaban J connectivity index is 1.40. The number of hydrogen-bond donors (Lipinski definition) is 1. The highest BCUT2D eigenvalue weighted by atomic mass is 16.5.